The molecule has 1 heterocycles. The monoisotopic (exact) mass is 543 g/mol. The molecule has 2 aromatic carbocycles. The summed E-state index contributed by atoms with van der Waals surface area (Å²) in [5, 5.41) is 1.58. The lowest BCUT2D eigenvalue weighted by Crippen LogP contribution is -2.42. The van der Waals surface area contributed by atoms with Gasteiger partial charge in [0.15, 0.2) is 11.5 Å². The highest BCUT2D eigenvalue weighted by molar-refractivity contribution is 5.59. The molecule has 3 rings (SSSR count). The highest BCUT2D eigenvalue weighted by Gasteiger charge is 2.35. The maximum atomic E-state index is 6.50. The number of nitrogens with two attached hydrogens (primary N) is 2. The zero-order chi connectivity index (χ0) is 29.2. The molecule has 1 aliphatic heterocycles. The Labute approximate surface area is 235 Å². The van der Waals surface area contributed by atoms with Gasteiger partial charge in [-0.15, -0.1) is 0 Å². The van der Waals surface area contributed by atoms with Crippen LogP contribution >= 0.6 is 0 Å². The number of fused-ring (bicyclic) bond motifs is 1. The van der Waals surface area contributed by atoms with Crippen LogP contribution in [0.15, 0.2) is 30.1 Å². The van der Waals surface area contributed by atoms with Crippen LogP contribution in [0.1, 0.15) is 61.4 Å². The van der Waals surface area contributed by atoms with Crippen LogP contribution in [0.25, 0.3) is 0 Å². The van der Waals surface area contributed by atoms with Gasteiger partial charge in [-0.2, -0.15) is 0 Å². The van der Waals surface area contributed by atoms with E-state index in [9.17, 15) is 0 Å². The van der Waals surface area contributed by atoms with Crippen LogP contribution in [-0.2, 0) is 17.6 Å². The van der Waals surface area contributed by atoms with E-state index in [1.807, 2.05) is 18.2 Å². The number of benzene rings is 2. The Kier molecular flexibility index (Phi) is 12.3. The van der Waals surface area contributed by atoms with Crippen molar-refractivity contribution in [1.82, 2.24) is 5.01 Å². The first-order valence-electron chi connectivity index (χ1n) is 13.7. The fourth-order valence-electron chi connectivity index (χ4n) is 4.68. The minimum absolute atomic E-state index is 0.273. The summed E-state index contributed by atoms with van der Waals surface area (Å²) in [5.74, 6) is 9.44. The van der Waals surface area contributed by atoms with Gasteiger partial charge in [0.05, 0.1) is 40.2 Å². The lowest BCUT2D eigenvalue weighted by Gasteiger charge is -2.38. The Hall–Kier alpha value is -3.10. The quantitative estimate of drug-likeness (QED) is 0.288. The van der Waals surface area contributed by atoms with E-state index >= 15 is 0 Å². The molecule has 0 saturated heterocycles. The molecule has 1 atom stereocenters. The second-order valence-corrected chi connectivity index (χ2v) is 10.3. The molecule has 2 aromatic rings. The zero-order valence-electron chi connectivity index (χ0n) is 25.4. The second-order valence-electron chi connectivity index (χ2n) is 10.3. The summed E-state index contributed by atoms with van der Waals surface area (Å²) < 4.78 is 28.7. The van der Waals surface area contributed by atoms with Gasteiger partial charge in [0.1, 0.15) is 17.1 Å². The smallest absolute Gasteiger partial charge is 0.160 e. The molecular weight excluding hydrogens is 494 g/mol. The van der Waals surface area contributed by atoms with E-state index < -0.39 is 5.60 Å². The largest absolute Gasteiger partial charge is 0.496 e. The molecule has 0 bridgehead atoms. The molecule has 0 fully saturated rings. The average molecular weight is 544 g/mol. The predicted molar refractivity (Wildman–Crippen MR) is 158 cm³/mol. The molecule has 218 valence electrons. The van der Waals surface area contributed by atoms with E-state index in [0.29, 0.717) is 30.3 Å². The number of rotatable bonds is 11. The van der Waals surface area contributed by atoms with E-state index in [2.05, 4.69) is 41.5 Å². The van der Waals surface area contributed by atoms with E-state index in [1.54, 1.807) is 32.5 Å². The Bertz CT molecular complexity index is 1120. The maximum Gasteiger partial charge on any atom is 0.160 e. The van der Waals surface area contributed by atoms with E-state index in [1.165, 1.54) is 12.0 Å². The normalized spacial score (nSPS) is 16.4. The summed E-state index contributed by atoms with van der Waals surface area (Å²) in [5.41, 5.74) is 12.0. The van der Waals surface area contributed by atoms with Gasteiger partial charge in [-0.25, -0.2) is 5.84 Å². The van der Waals surface area contributed by atoms with Crippen LogP contribution in [0.2, 0.25) is 0 Å². The van der Waals surface area contributed by atoms with Crippen LogP contribution < -0.4 is 30.5 Å². The Morgan fingerprint density at radius 1 is 1.03 bits per heavy atom. The standard InChI is InChI=1S/C28H41N3O5.C3H8/c1-18-19(2)27-23(20(3)26(18)34-7)10-12-28(4,36-27)17-35-16-22(29)15-31(30)13-11-21-8-9-24(32-5)25(14-21)33-6;1-3-2/h8-9,14-15H,10-13,16-17,29-30H2,1-7H3;3H2,1-2H3/b22-15-;. The van der Waals surface area contributed by atoms with Crippen molar-refractivity contribution in [2.24, 2.45) is 11.6 Å². The predicted octanol–water partition coefficient (Wildman–Crippen LogP) is 5.37. The first-order valence-corrected chi connectivity index (χ1v) is 13.7. The summed E-state index contributed by atoms with van der Waals surface area (Å²) in [6, 6.07) is 5.84. The van der Waals surface area contributed by atoms with Crippen LogP contribution in [-0.4, -0.2) is 51.7 Å². The summed E-state index contributed by atoms with van der Waals surface area (Å²) >= 11 is 0. The highest BCUT2D eigenvalue weighted by atomic mass is 16.5. The molecule has 0 aliphatic carbocycles. The zero-order valence-corrected chi connectivity index (χ0v) is 25.4. The van der Waals surface area contributed by atoms with Gasteiger partial charge >= 0.3 is 0 Å². The molecule has 0 aromatic heterocycles. The summed E-state index contributed by atoms with van der Waals surface area (Å²) in [7, 11) is 4.96. The average Bonchev–Trinajstić information content (AvgIpc) is 2.91. The van der Waals surface area contributed by atoms with Gasteiger partial charge in [-0.3, -0.25) is 0 Å². The minimum Gasteiger partial charge on any atom is -0.496 e. The van der Waals surface area contributed by atoms with Crippen molar-refractivity contribution in [2.75, 3.05) is 41.1 Å². The third-order valence-corrected chi connectivity index (χ3v) is 6.88. The molecule has 0 saturated carbocycles. The fraction of sp³-hybridized carbons (Fsp3) is 0.548. The molecule has 1 unspecified atom stereocenters. The Morgan fingerprint density at radius 2 is 1.69 bits per heavy atom. The van der Waals surface area contributed by atoms with Crippen LogP contribution in [0, 0.1) is 20.8 Å². The SMILES string of the molecule is CCC.COc1ccc(CCN(N)/C=C(\N)COCC2(C)CCc3c(C)c(OC)c(C)c(C)c3O2)cc1OC. The summed E-state index contributed by atoms with van der Waals surface area (Å²) in [6.45, 7) is 13.9. The lowest BCUT2D eigenvalue weighted by molar-refractivity contribution is -0.0227. The summed E-state index contributed by atoms with van der Waals surface area (Å²) in [4.78, 5) is 0. The topological polar surface area (TPSA) is 101 Å². The van der Waals surface area contributed by atoms with E-state index in [-0.39, 0.29) is 6.61 Å². The Morgan fingerprint density at radius 3 is 2.31 bits per heavy atom. The molecular formula is C31H49N3O5. The van der Waals surface area contributed by atoms with Crippen molar-refractivity contribution in [2.45, 2.75) is 72.8 Å². The molecule has 0 amide bonds. The van der Waals surface area contributed by atoms with Gasteiger partial charge in [0.25, 0.3) is 0 Å². The highest BCUT2D eigenvalue weighted by Crippen LogP contribution is 2.43. The number of ether oxygens (including phenoxy) is 5. The van der Waals surface area contributed by atoms with Crippen LogP contribution in [0.5, 0.6) is 23.0 Å². The van der Waals surface area contributed by atoms with Crippen LogP contribution in [0.4, 0.5) is 0 Å². The van der Waals surface area contributed by atoms with Crippen molar-refractivity contribution in [3.8, 4) is 23.0 Å². The van der Waals surface area contributed by atoms with Crippen molar-refractivity contribution in [1.29, 1.82) is 0 Å². The third-order valence-electron chi connectivity index (χ3n) is 6.88. The van der Waals surface area contributed by atoms with Gasteiger partial charge in [-0.05, 0) is 81.3 Å². The number of methoxy groups -OCH3 is 3. The third kappa shape index (κ3) is 8.44. The van der Waals surface area contributed by atoms with E-state index in [4.69, 9.17) is 35.3 Å². The van der Waals surface area contributed by atoms with E-state index in [0.717, 1.165) is 53.0 Å². The molecule has 0 radical (unpaired) electrons. The number of hydrogen-bond acceptors (Lipinski definition) is 8. The molecule has 1 aliphatic rings. The minimum atomic E-state index is -0.429. The van der Waals surface area contributed by atoms with Crippen molar-refractivity contribution in [3.05, 3.63) is 57.9 Å². The second kappa shape index (κ2) is 14.9. The maximum absolute atomic E-state index is 6.50. The van der Waals surface area contributed by atoms with Crippen molar-refractivity contribution >= 4 is 0 Å². The first kappa shape index (κ1) is 32.1. The van der Waals surface area contributed by atoms with Crippen LogP contribution in [0.3, 0.4) is 0 Å². The van der Waals surface area contributed by atoms with Gasteiger partial charge in [0, 0.05) is 18.3 Å². The molecule has 4 N–H and O–H groups in total. The number of hydrazine groups is 1. The Balaban J connectivity index is 0.00000170. The molecule has 39 heavy (non-hydrogen) atoms. The molecule has 8 nitrogen and oxygen atoms in total. The number of hydrogen-bond donors (Lipinski definition) is 2. The van der Waals surface area contributed by atoms with Gasteiger partial charge < -0.3 is 34.4 Å². The lowest BCUT2D eigenvalue weighted by atomic mass is 9.87. The number of nitrogens with zero attached hydrogens (tertiary/aromatic N) is 1. The molecule has 8 heteroatoms. The first-order chi connectivity index (χ1) is 18.5. The summed E-state index contributed by atoms with van der Waals surface area (Å²) in [6.07, 6.45) is 5.46. The van der Waals surface area contributed by atoms with Gasteiger partial charge in [-0.1, -0.05) is 26.3 Å². The van der Waals surface area contributed by atoms with Gasteiger partial charge in [0.2, 0.25) is 0 Å². The van der Waals surface area contributed by atoms with Crippen molar-refractivity contribution in [3.63, 3.8) is 0 Å². The molecule has 0 spiro atoms. The van der Waals surface area contributed by atoms with Crippen molar-refractivity contribution < 1.29 is 23.7 Å². The fourth-order valence-corrected chi connectivity index (χ4v) is 4.68.